The summed E-state index contributed by atoms with van der Waals surface area (Å²) < 4.78 is 5.40. The molecule has 178 valence electrons. The van der Waals surface area contributed by atoms with Crippen LogP contribution in [0.5, 0.6) is 5.75 Å². The van der Waals surface area contributed by atoms with Gasteiger partial charge in [-0.15, -0.1) is 0 Å². The van der Waals surface area contributed by atoms with Gasteiger partial charge in [0.25, 0.3) is 0 Å². The summed E-state index contributed by atoms with van der Waals surface area (Å²) in [5, 5.41) is 15.3. The second-order valence-corrected chi connectivity index (χ2v) is 9.61. The SMILES string of the molecule is COc1ccc2c(c1)[C@@](C)(Cc1ccc3c(-c4ccc(N5CCNCC5)cc4)n[nH]c3c1)C(=O)N2. The number of carbonyl (C=O) groups excluding carboxylic acids is 1. The highest BCUT2D eigenvalue weighted by Gasteiger charge is 2.43. The summed E-state index contributed by atoms with van der Waals surface area (Å²) in [7, 11) is 1.64. The van der Waals surface area contributed by atoms with Crippen molar-refractivity contribution in [2.45, 2.75) is 18.8 Å². The Balaban J connectivity index is 1.27. The minimum Gasteiger partial charge on any atom is -0.497 e. The molecule has 0 radical (unpaired) electrons. The second-order valence-electron chi connectivity index (χ2n) is 9.61. The Hall–Kier alpha value is -3.84. The van der Waals surface area contributed by atoms with Gasteiger partial charge in [0, 0.05) is 48.5 Å². The van der Waals surface area contributed by atoms with Crippen LogP contribution in [0.15, 0.2) is 60.7 Å². The number of benzene rings is 3. The molecule has 4 aromatic rings. The van der Waals surface area contributed by atoms with Crippen LogP contribution in [-0.2, 0) is 16.6 Å². The van der Waals surface area contributed by atoms with Crippen molar-refractivity contribution < 1.29 is 9.53 Å². The van der Waals surface area contributed by atoms with E-state index in [4.69, 9.17) is 4.74 Å². The Bertz CT molecular complexity index is 1400. The third kappa shape index (κ3) is 3.72. The topological polar surface area (TPSA) is 82.3 Å². The van der Waals surface area contributed by atoms with E-state index in [1.165, 1.54) is 5.69 Å². The summed E-state index contributed by atoms with van der Waals surface area (Å²) in [6, 6.07) is 20.7. The van der Waals surface area contributed by atoms with Gasteiger partial charge in [-0.05, 0) is 60.9 Å². The number of aromatic nitrogens is 2. The first-order chi connectivity index (χ1) is 17.0. The minimum atomic E-state index is -0.666. The van der Waals surface area contributed by atoms with Gasteiger partial charge in [0.2, 0.25) is 5.91 Å². The number of fused-ring (bicyclic) bond motifs is 2. The summed E-state index contributed by atoms with van der Waals surface area (Å²) in [5.74, 6) is 0.763. The van der Waals surface area contributed by atoms with Crippen molar-refractivity contribution in [2.75, 3.05) is 43.5 Å². The zero-order valence-electron chi connectivity index (χ0n) is 20.0. The van der Waals surface area contributed by atoms with Crippen LogP contribution in [0.1, 0.15) is 18.1 Å². The van der Waals surface area contributed by atoms with Crippen LogP contribution >= 0.6 is 0 Å². The number of ether oxygens (including phenoxy) is 1. The molecular formula is C28H29N5O2. The van der Waals surface area contributed by atoms with E-state index in [9.17, 15) is 4.79 Å². The van der Waals surface area contributed by atoms with E-state index in [0.717, 1.165) is 70.9 Å². The van der Waals surface area contributed by atoms with Crippen molar-refractivity contribution >= 4 is 28.2 Å². The smallest absolute Gasteiger partial charge is 0.235 e. The second kappa shape index (κ2) is 8.43. The van der Waals surface area contributed by atoms with E-state index < -0.39 is 5.41 Å². The molecule has 7 nitrogen and oxygen atoms in total. The highest BCUT2D eigenvalue weighted by Crippen LogP contribution is 2.42. The zero-order chi connectivity index (χ0) is 24.0. The van der Waals surface area contributed by atoms with Crippen LogP contribution in [0.4, 0.5) is 11.4 Å². The number of nitrogens with zero attached hydrogens (tertiary/aromatic N) is 2. The average molecular weight is 468 g/mol. The van der Waals surface area contributed by atoms with Crippen molar-refractivity contribution in [3.8, 4) is 17.0 Å². The molecule has 0 spiro atoms. The number of methoxy groups -OCH3 is 1. The summed E-state index contributed by atoms with van der Waals surface area (Å²) >= 11 is 0. The maximum absolute atomic E-state index is 13.0. The number of amides is 1. The fourth-order valence-electron chi connectivity index (χ4n) is 5.33. The van der Waals surface area contributed by atoms with Crippen molar-refractivity contribution in [1.29, 1.82) is 0 Å². The predicted molar refractivity (Wildman–Crippen MR) is 139 cm³/mol. The van der Waals surface area contributed by atoms with Crippen LogP contribution in [0.25, 0.3) is 22.2 Å². The molecule has 1 amide bonds. The number of hydrogen-bond donors (Lipinski definition) is 3. The van der Waals surface area contributed by atoms with Gasteiger partial charge >= 0.3 is 0 Å². The molecule has 35 heavy (non-hydrogen) atoms. The van der Waals surface area contributed by atoms with E-state index in [-0.39, 0.29) is 5.91 Å². The third-order valence-corrected chi connectivity index (χ3v) is 7.38. The summed E-state index contributed by atoms with van der Waals surface area (Å²) in [6.07, 6.45) is 0.586. The van der Waals surface area contributed by atoms with Crippen LogP contribution in [0, 0.1) is 0 Å². The molecule has 0 aliphatic carbocycles. The number of piperazine rings is 1. The van der Waals surface area contributed by atoms with Crippen molar-refractivity contribution in [3.05, 3.63) is 71.8 Å². The van der Waals surface area contributed by atoms with E-state index in [1.54, 1.807) is 7.11 Å². The lowest BCUT2D eigenvalue weighted by atomic mass is 9.78. The van der Waals surface area contributed by atoms with Gasteiger partial charge in [-0.25, -0.2) is 0 Å². The van der Waals surface area contributed by atoms with Gasteiger partial charge in [-0.2, -0.15) is 5.10 Å². The molecular weight excluding hydrogens is 438 g/mol. The predicted octanol–water partition coefficient (Wildman–Crippen LogP) is 4.10. The molecule has 2 aliphatic heterocycles. The van der Waals surface area contributed by atoms with Gasteiger partial charge in [-0.3, -0.25) is 9.89 Å². The molecule has 0 bridgehead atoms. The van der Waals surface area contributed by atoms with E-state index in [0.29, 0.717) is 6.42 Å². The fourth-order valence-corrected chi connectivity index (χ4v) is 5.33. The van der Waals surface area contributed by atoms with E-state index in [2.05, 4.69) is 68.2 Å². The minimum absolute atomic E-state index is 0.00993. The van der Waals surface area contributed by atoms with Crippen molar-refractivity contribution in [3.63, 3.8) is 0 Å². The highest BCUT2D eigenvalue weighted by atomic mass is 16.5. The maximum Gasteiger partial charge on any atom is 0.235 e. The molecule has 6 rings (SSSR count). The first-order valence-corrected chi connectivity index (χ1v) is 12.1. The molecule has 3 N–H and O–H groups in total. The Labute approximate surface area is 204 Å². The van der Waals surface area contributed by atoms with Gasteiger partial charge in [0.05, 0.1) is 23.7 Å². The van der Waals surface area contributed by atoms with Gasteiger partial charge in [-0.1, -0.05) is 24.3 Å². The van der Waals surface area contributed by atoms with Gasteiger partial charge < -0.3 is 20.3 Å². The molecule has 3 aromatic carbocycles. The summed E-state index contributed by atoms with van der Waals surface area (Å²) in [5.41, 5.74) is 6.48. The standard InChI is InChI=1S/C28H29N5O2/c1-28(23-16-21(35-2)8-10-24(23)30-27(28)34)17-18-3-9-22-25(15-18)31-32-26(22)19-4-6-20(7-5-19)33-13-11-29-12-14-33/h3-10,15-16,29H,11-14,17H2,1-2H3,(H,30,34)(H,31,32)/t28-/m1/s1. The van der Waals surface area contributed by atoms with Crippen molar-refractivity contribution in [2.24, 2.45) is 0 Å². The maximum atomic E-state index is 13.0. The first-order valence-electron chi connectivity index (χ1n) is 12.1. The van der Waals surface area contributed by atoms with Crippen LogP contribution in [0.3, 0.4) is 0 Å². The monoisotopic (exact) mass is 467 g/mol. The lowest BCUT2D eigenvalue weighted by Crippen LogP contribution is -2.43. The van der Waals surface area contributed by atoms with Crippen LogP contribution in [0.2, 0.25) is 0 Å². The normalized spacial score (nSPS) is 19.6. The average Bonchev–Trinajstić information content (AvgIpc) is 3.42. The van der Waals surface area contributed by atoms with Gasteiger partial charge in [0.15, 0.2) is 0 Å². The molecule has 1 saturated heterocycles. The Kier molecular flexibility index (Phi) is 5.22. The van der Waals surface area contributed by atoms with Crippen molar-refractivity contribution in [1.82, 2.24) is 15.5 Å². The quantitative estimate of drug-likeness (QED) is 0.412. The zero-order valence-corrected chi connectivity index (χ0v) is 20.0. The van der Waals surface area contributed by atoms with Crippen LogP contribution in [-0.4, -0.2) is 49.4 Å². The number of hydrogen-bond acceptors (Lipinski definition) is 5. The van der Waals surface area contributed by atoms with Crippen LogP contribution < -0.4 is 20.3 Å². The molecule has 3 heterocycles. The lowest BCUT2D eigenvalue weighted by molar-refractivity contribution is -0.120. The fraction of sp³-hybridized carbons (Fsp3) is 0.286. The molecule has 1 atom stereocenters. The summed E-state index contributed by atoms with van der Waals surface area (Å²) in [6.45, 7) is 6.10. The Morgan fingerprint density at radius 1 is 1.03 bits per heavy atom. The largest absolute Gasteiger partial charge is 0.497 e. The molecule has 2 aliphatic rings. The van der Waals surface area contributed by atoms with E-state index in [1.807, 2.05) is 25.1 Å². The molecule has 7 heteroatoms. The third-order valence-electron chi connectivity index (χ3n) is 7.38. The number of rotatable bonds is 5. The highest BCUT2D eigenvalue weighted by molar-refractivity contribution is 6.06. The number of carbonyl (C=O) groups is 1. The molecule has 1 aromatic heterocycles. The number of anilines is 2. The Morgan fingerprint density at radius 2 is 1.83 bits per heavy atom. The van der Waals surface area contributed by atoms with E-state index >= 15 is 0 Å². The van der Waals surface area contributed by atoms with Gasteiger partial charge in [0.1, 0.15) is 5.75 Å². The molecule has 1 fully saturated rings. The number of H-pyrrole nitrogens is 1. The number of aromatic amines is 1. The first kappa shape index (κ1) is 21.7. The number of nitrogens with one attached hydrogen (secondary N) is 3. The Morgan fingerprint density at radius 3 is 2.60 bits per heavy atom. The molecule has 0 saturated carbocycles. The summed E-state index contributed by atoms with van der Waals surface area (Å²) in [4.78, 5) is 15.4. The lowest BCUT2D eigenvalue weighted by Gasteiger charge is -2.29. The molecule has 0 unspecified atom stereocenters.